The topological polar surface area (TPSA) is 78.5 Å². The zero-order valence-corrected chi connectivity index (χ0v) is 12.9. The van der Waals surface area contributed by atoms with Gasteiger partial charge in [-0.3, -0.25) is 4.79 Å². The third-order valence-electron chi connectivity index (χ3n) is 4.09. The van der Waals surface area contributed by atoms with E-state index in [0.717, 1.165) is 25.9 Å². The minimum absolute atomic E-state index is 0.0228. The highest BCUT2D eigenvalue weighted by Gasteiger charge is 2.26. The molecule has 2 aliphatic rings. The number of carbonyl (C=O) groups excluding carboxylic acids is 1. The van der Waals surface area contributed by atoms with Crippen molar-refractivity contribution in [1.82, 2.24) is 14.9 Å². The van der Waals surface area contributed by atoms with Gasteiger partial charge in [-0.05, 0) is 44.7 Å². The quantitative estimate of drug-likeness (QED) is 0.761. The van der Waals surface area contributed by atoms with E-state index in [0.29, 0.717) is 38.3 Å². The summed E-state index contributed by atoms with van der Waals surface area (Å²) in [5, 5.41) is 3.33. The number of nitrogens with zero attached hydrogens (tertiary/aromatic N) is 1. The summed E-state index contributed by atoms with van der Waals surface area (Å²) in [6, 6.07) is -0.0228. The monoisotopic (exact) mass is 303 g/mol. The van der Waals surface area contributed by atoms with Crippen LogP contribution in [0.4, 0.5) is 0 Å². The molecule has 0 aliphatic carbocycles. The zero-order chi connectivity index (χ0) is 14.6. The predicted octanol–water partition coefficient (Wildman–Crippen LogP) is -0.0837. The number of rotatable bonds is 4. The molecule has 0 radical (unpaired) electrons. The van der Waals surface area contributed by atoms with E-state index in [1.54, 1.807) is 0 Å². The number of sulfonamides is 1. The Morgan fingerprint density at radius 1 is 1.30 bits per heavy atom. The second-order valence-electron chi connectivity index (χ2n) is 5.96. The molecule has 1 unspecified atom stereocenters. The lowest BCUT2D eigenvalue weighted by atomic mass is 9.95. The molecule has 20 heavy (non-hydrogen) atoms. The summed E-state index contributed by atoms with van der Waals surface area (Å²) in [5.74, 6) is 0.680. The van der Waals surface area contributed by atoms with E-state index in [1.165, 1.54) is 6.26 Å². The van der Waals surface area contributed by atoms with E-state index >= 15 is 0 Å². The first-order valence-electron chi connectivity index (χ1n) is 7.40. The molecule has 116 valence electrons. The summed E-state index contributed by atoms with van der Waals surface area (Å²) in [6.07, 6.45) is 5.50. The molecule has 0 saturated carbocycles. The highest BCUT2D eigenvalue weighted by molar-refractivity contribution is 7.88. The number of amides is 1. The van der Waals surface area contributed by atoms with Gasteiger partial charge >= 0.3 is 0 Å². The highest BCUT2D eigenvalue weighted by atomic mass is 32.2. The first-order valence-corrected chi connectivity index (χ1v) is 9.29. The number of carbonyl (C=O) groups is 1. The molecule has 0 aromatic carbocycles. The van der Waals surface area contributed by atoms with Crippen LogP contribution in [0.15, 0.2) is 0 Å². The first kappa shape index (κ1) is 15.7. The highest BCUT2D eigenvalue weighted by Crippen LogP contribution is 2.18. The van der Waals surface area contributed by atoms with Gasteiger partial charge in [0.1, 0.15) is 0 Å². The summed E-state index contributed by atoms with van der Waals surface area (Å²) in [7, 11) is -3.15. The zero-order valence-electron chi connectivity index (χ0n) is 12.1. The van der Waals surface area contributed by atoms with Crippen LogP contribution in [-0.2, 0) is 14.8 Å². The maximum Gasteiger partial charge on any atom is 0.222 e. The molecule has 0 aromatic rings. The van der Waals surface area contributed by atoms with Crippen molar-refractivity contribution in [1.29, 1.82) is 0 Å². The molecule has 0 aromatic heterocycles. The van der Waals surface area contributed by atoms with E-state index in [9.17, 15) is 13.2 Å². The predicted molar refractivity (Wildman–Crippen MR) is 77.8 cm³/mol. The third-order valence-corrected chi connectivity index (χ3v) is 4.85. The summed E-state index contributed by atoms with van der Waals surface area (Å²) in [6.45, 7) is 3.32. The molecule has 2 rings (SSSR count). The Kier molecular flexibility index (Phi) is 5.40. The second kappa shape index (κ2) is 6.87. The lowest BCUT2D eigenvalue weighted by Gasteiger charge is -2.33. The van der Waals surface area contributed by atoms with Crippen molar-refractivity contribution in [3.8, 4) is 0 Å². The maximum atomic E-state index is 12.2. The largest absolute Gasteiger partial charge is 0.343 e. The van der Waals surface area contributed by atoms with Crippen molar-refractivity contribution in [2.24, 2.45) is 5.92 Å². The summed E-state index contributed by atoms with van der Waals surface area (Å²) >= 11 is 0. The average molecular weight is 303 g/mol. The van der Waals surface area contributed by atoms with Gasteiger partial charge in [-0.15, -0.1) is 0 Å². The lowest BCUT2D eigenvalue weighted by Crippen LogP contribution is -2.47. The van der Waals surface area contributed by atoms with Gasteiger partial charge in [-0.25, -0.2) is 13.1 Å². The SMILES string of the molecule is CS(=O)(=O)NC1CCN(C(=O)CC2CCCNC2)CC1. The molecule has 0 spiro atoms. The van der Waals surface area contributed by atoms with Gasteiger partial charge in [-0.2, -0.15) is 0 Å². The first-order chi connectivity index (χ1) is 9.44. The standard InChI is InChI=1S/C13H25N3O3S/c1-20(18,19)15-12-4-7-16(8-5-12)13(17)9-11-3-2-6-14-10-11/h11-12,14-15H,2-10H2,1H3. The number of nitrogens with one attached hydrogen (secondary N) is 2. The third kappa shape index (κ3) is 5.03. The molecule has 2 fully saturated rings. The molecule has 1 atom stereocenters. The van der Waals surface area contributed by atoms with E-state index in [-0.39, 0.29) is 11.9 Å². The molecule has 2 aliphatic heterocycles. The van der Waals surface area contributed by atoms with E-state index in [4.69, 9.17) is 0 Å². The smallest absolute Gasteiger partial charge is 0.222 e. The molecule has 2 N–H and O–H groups in total. The summed E-state index contributed by atoms with van der Waals surface area (Å²) in [5.41, 5.74) is 0. The van der Waals surface area contributed by atoms with Gasteiger partial charge in [0.25, 0.3) is 0 Å². The van der Waals surface area contributed by atoms with Gasteiger partial charge < -0.3 is 10.2 Å². The number of hydrogen-bond donors (Lipinski definition) is 2. The fourth-order valence-corrected chi connectivity index (χ4v) is 3.86. The molecule has 7 heteroatoms. The second-order valence-corrected chi connectivity index (χ2v) is 7.74. The Morgan fingerprint density at radius 3 is 2.55 bits per heavy atom. The minimum atomic E-state index is -3.15. The van der Waals surface area contributed by atoms with Crippen molar-refractivity contribution >= 4 is 15.9 Å². The Morgan fingerprint density at radius 2 is 2.00 bits per heavy atom. The van der Waals surface area contributed by atoms with Crippen LogP contribution in [0.2, 0.25) is 0 Å². The fraction of sp³-hybridized carbons (Fsp3) is 0.923. The average Bonchev–Trinajstić information content (AvgIpc) is 2.39. The Bertz CT molecular complexity index is 424. The molecular weight excluding hydrogens is 278 g/mol. The van der Waals surface area contributed by atoms with E-state index < -0.39 is 10.0 Å². The summed E-state index contributed by atoms with van der Waals surface area (Å²) in [4.78, 5) is 14.1. The molecule has 2 heterocycles. The van der Waals surface area contributed by atoms with Crippen molar-refractivity contribution in [3.63, 3.8) is 0 Å². The minimum Gasteiger partial charge on any atom is -0.343 e. The van der Waals surface area contributed by atoms with Crippen LogP contribution in [-0.4, -0.2) is 57.7 Å². The van der Waals surface area contributed by atoms with Gasteiger partial charge in [0.05, 0.1) is 6.26 Å². The van der Waals surface area contributed by atoms with Crippen molar-refractivity contribution in [2.45, 2.75) is 38.1 Å². The molecule has 2 saturated heterocycles. The number of piperidine rings is 2. The van der Waals surface area contributed by atoms with Crippen LogP contribution in [0.25, 0.3) is 0 Å². The summed E-state index contributed by atoms with van der Waals surface area (Å²) < 4.78 is 25.0. The molecule has 1 amide bonds. The van der Waals surface area contributed by atoms with Crippen LogP contribution >= 0.6 is 0 Å². The van der Waals surface area contributed by atoms with Crippen LogP contribution in [0.1, 0.15) is 32.1 Å². The van der Waals surface area contributed by atoms with Gasteiger partial charge in [0.15, 0.2) is 0 Å². The maximum absolute atomic E-state index is 12.2. The Balaban J connectivity index is 1.74. The Hall–Kier alpha value is -0.660. The van der Waals surface area contributed by atoms with Gasteiger partial charge in [0, 0.05) is 25.6 Å². The van der Waals surface area contributed by atoms with Crippen molar-refractivity contribution in [3.05, 3.63) is 0 Å². The molecule has 6 nitrogen and oxygen atoms in total. The number of likely N-dealkylation sites (tertiary alicyclic amines) is 1. The van der Waals surface area contributed by atoms with Crippen LogP contribution < -0.4 is 10.0 Å². The van der Waals surface area contributed by atoms with Gasteiger partial charge in [-0.1, -0.05) is 0 Å². The molecule has 0 bridgehead atoms. The van der Waals surface area contributed by atoms with E-state index in [1.807, 2.05) is 4.90 Å². The fourth-order valence-electron chi connectivity index (χ4n) is 3.02. The van der Waals surface area contributed by atoms with Crippen LogP contribution in [0.3, 0.4) is 0 Å². The Labute approximate surface area is 121 Å². The van der Waals surface area contributed by atoms with Crippen molar-refractivity contribution < 1.29 is 13.2 Å². The lowest BCUT2D eigenvalue weighted by molar-refractivity contribution is -0.133. The van der Waals surface area contributed by atoms with E-state index in [2.05, 4.69) is 10.0 Å². The van der Waals surface area contributed by atoms with Crippen molar-refractivity contribution in [2.75, 3.05) is 32.4 Å². The van der Waals surface area contributed by atoms with Gasteiger partial charge in [0.2, 0.25) is 15.9 Å². The van der Waals surface area contributed by atoms with Crippen LogP contribution in [0, 0.1) is 5.92 Å². The molecular formula is C13H25N3O3S. The number of hydrogen-bond acceptors (Lipinski definition) is 4. The normalized spacial score (nSPS) is 25.6. The van der Waals surface area contributed by atoms with Crippen LogP contribution in [0.5, 0.6) is 0 Å².